The van der Waals surface area contributed by atoms with Crippen LogP contribution >= 0.6 is 0 Å². The van der Waals surface area contributed by atoms with E-state index in [1.807, 2.05) is 30.9 Å². The molecule has 2 saturated heterocycles. The number of benzene rings is 2. The van der Waals surface area contributed by atoms with Crippen molar-refractivity contribution < 1.29 is 23.2 Å². The van der Waals surface area contributed by atoms with E-state index in [0.717, 1.165) is 25.0 Å². The SMILES string of the molecule is CC(C)N1C(=O)c2ccccc2C(C(=O)N2CCCC2)C12CN(C(=O)c1ccc(F)cc1F)C2. The number of halogens is 2. The molecule has 178 valence electrons. The second kappa shape index (κ2) is 8.18. The fraction of sp³-hybridized carbons (Fsp3) is 0.423. The van der Waals surface area contributed by atoms with E-state index in [1.54, 1.807) is 17.0 Å². The Labute approximate surface area is 197 Å². The smallest absolute Gasteiger partial charge is 0.256 e. The molecule has 5 rings (SSSR count). The quantitative estimate of drug-likeness (QED) is 0.695. The van der Waals surface area contributed by atoms with E-state index < -0.39 is 29.0 Å². The van der Waals surface area contributed by atoms with Crippen molar-refractivity contribution >= 4 is 17.7 Å². The molecule has 8 heteroatoms. The van der Waals surface area contributed by atoms with E-state index in [-0.39, 0.29) is 36.5 Å². The molecule has 0 radical (unpaired) electrons. The van der Waals surface area contributed by atoms with E-state index in [0.29, 0.717) is 30.3 Å². The van der Waals surface area contributed by atoms with Gasteiger partial charge in [-0.1, -0.05) is 18.2 Å². The first-order valence-corrected chi connectivity index (χ1v) is 11.7. The molecule has 3 amide bonds. The number of hydrogen-bond donors (Lipinski definition) is 0. The summed E-state index contributed by atoms with van der Waals surface area (Å²) in [5.74, 6) is -3.10. The average molecular weight is 468 g/mol. The van der Waals surface area contributed by atoms with Crippen molar-refractivity contribution in [2.75, 3.05) is 26.2 Å². The topological polar surface area (TPSA) is 60.9 Å². The van der Waals surface area contributed by atoms with Crippen LogP contribution in [0.4, 0.5) is 8.78 Å². The number of carbonyl (C=O) groups is 3. The Hall–Kier alpha value is -3.29. The molecule has 0 aliphatic carbocycles. The Kier molecular flexibility index (Phi) is 5.41. The van der Waals surface area contributed by atoms with Gasteiger partial charge in [-0.25, -0.2) is 8.78 Å². The zero-order valence-corrected chi connectivity index (χ0v) is 19.3. The van der Waals surface area contributed by atoms with Crippen LogP contribution in [0.15, 0.2) is 42.5 Å². The molecule has 2 aromatic rings. The van der Waals surface area contributed by atoms with Gasteiger partial charge in [-0.05, 0) is 50.5 Å². The Morgan fingerprint density at radius 3 is 2.32 bits per heavy atom. The molecular formula is C26H27F2N3O3. The third-order valence-electron chi connectivity index (χ3n) is 7.30. The first-order valence-electron chi connectivity index (χ1n) is 11.7. The highest BCUT2D eigenvalue weighted by atomic mass is 19.1. The first kappa shape index (κ1) is 22.5. The van der Waals surface area contributed by atoms with Crippen LogP contribution in [0.1, 0.15) is 58.9 Å². The monoisotopic (exact) mass is 467 g/mol. The maximum Gasteiger partial charge on any atom is 0.256 e. The maximum absolute atomic E-state index is 14.3. The van der Waals surface area contributed by atoms with Gasteiger partial charge in [0, 0.05) is 43.9 Å². The first-order chi connectivity index (χ1) is 16.2. The van der Waals surface area contributed by atoms with Gasteiger partial charge in [0.2, 0.25) is 5.91 Å². The molecule has 0 bridgehead atoms. The minimum atomic E-state index is -0.929. The molecule has 3 aliphatic heterocycles. The van der Waals surface area contributed by atoms with Gasteiger partial charge in [-0.15, -0.1) is 0 Å². The molecule has 0 N–H and O–H groups in total. The lowest BCUT2D eigenvalue weighted by atomic mass is 9.67. The van der Waals surface area contributed by atoms with Crippen LogP contribution in [0.5, 0.6) is 0 Å². The van der Waals surface area contributed by atoms with Crippen molar-refractivity contribution in [3.63, 3.8) is 0 Å². The van der Waals surface area contributed by atoms with Gasteiger partial charge in [0.15, 0.2) is 0 Å². The molecule has 2 aromatic carbocycles. The second-order valence-electron chi connectivity index (χ2n) is 9.71. The highest BCUT2D eigenvalue weighted by Crippen LogP contribution is 2.48. The van der Waals surface area contributed by atoms with Crippen LogP contribution in [0.2, 0.25) is 0 Å². The third-order valence-corrected chi connectivity index (χ3v) is 7.30. The number of hydrogen-bond acceptors (Lipinski definition) is 3. The molecule has 1 atom stereocenters. The summed E-state index contributed by atoms with van der Waals surface area (Å²) < 4.78 is 27.7. The summed E-state index contributed by atoms with van der Waals surface area (Å²) in [5.41, 5.74) is 0.0400. The highest BCUT2D eigenvalue weighted by molar-refractivity contribution is 6.03. The van der Waals surface area contributed by atoms with E-state index >= 15 is 0 Å². The lowest BCUT2D eigenvalue weighted by Gasteiger charge is -2.62. The lowest BCUT2D eigenvalue weighted by Crippen LogP contribution is -2.78. The number of carbonyl (C=O) groups excluding carboxylic acids is 3. The number of nitrogens with zero attached hydrogens (tertiary/aromatic N) is 3. The van der Waals surface area contributed by atoms with E-state index in [9.17, 15) is 23.2 Å². The highest BCUT2D eigenvalue weighted by Gasteiger charge is 2.62. The average Bonchev–Trinajstić information content (AvgIpc) is 3.31. The van der Waals surface area contributed by atoms with Gasteiger partial charge in [0.25, 0.3) is 11.8 Å². The molecule has 2 fully saturated rings. The Balaban J connectivity index is 1.56. The number of likely N-dealkylation sites (tertiary alicyclic amines) is 2. The minimum Gasteiger partial charge on any atom is -0.342 e. The fourth-order valence-electron chi connectivity index (χ4n) is 5.86. The zero-order valence-electron chi connectivity index (χ0n) is 19.3. The third kappa shape index (κ3) is 3.30. The summed E-state index contributed by atoms with van der Waals surface area (Å²) in [5, 5.41) is 0. The normalized spacial score (nSPS) is 21.1. The van der Waals surface area contributed by atoms with Crippen molar-refractivity contribution in [3.8, 4) is 0 Å². The molecule has 0 aromatic heterocycles. The van der Waals surface area contributed by atoms with Gasteiger partial charge < -0.3 is 14.7 Å². The van der Waals surface area contributed by atoms with E-state index in [4.69, 9.17) is 0 Å². The second-order valence-corrected chi connectivity index (χ2v) is 9.71. The molecule has 0 saturated carbocycles. The van der Waals surface area contributed by atoms with Crippen LogP contribution in [0.25, 0.3) is 0 Å². The molecule has 34 heavy (non-hydrogen) atoms. The van der Waals surface area contributed by atoms with Crippen LogP contribution in [-0.4, -0.2) is 70.2 Å². The van der Waals surface area contributed by atoms with Crippen molar-refractivity contribution in [1.29, 1.82) is 0 Å². The zero-order chi connectivity index (χ0) is 24.2. The Morgan fingerprint density at radius 1 is 1.00 bits per heavy atom. The summed E-state index contributed by atoms with van der Waals surface area (Å²) in [6.07, 6.45) is 1.88. The van der Waals surface area contributed by atoms with Crippen molar-refractivity contribution in [2.24, 2.45) is 0 Å². The van der Waals surface area contributed by atoms with E-state index in [1.165, 1.54) is 4.90 Å². The summed E-state index contributed by atoms with van der Waals surface area (Å²) in [6, 6.07) is 9.84. The standard InChI is InChI=1S/C26H27F2N3O3/c1-16(2)31-24(33)19-8-4-3-7-18(19)22(25(34)29-11-5-6-12-29)26(31)14-30(15-26)23(32)20-10-9-17(27)13-21(20)28/h3-4,7-10,13,16,22H,5-6,11-12,14-15H2,1-2H3. The summed E-state index contributed by atoms with van der Waals surface area (Å²) >= 11 is 0. The van der Waals surface area contributed by atoms with Gasteiger partial charge in [0.05, 0.1) is 17.0 Å². The van der Waals surface area contributed by atoms with Gasteiger partial charge in [-0.2, -0.15) is 0 Å². The summed E-state index contributed by atoms with van der Waals surface area (Å²) in [6.45, 7) is 5.35. The van der Waals surface area contributed by atoms with Crippen LogP contribution < -0.4 is 0 Å². The maximum atomic E-state index is 14.3. The Bertz CT molecular complexity index is 1170. The van der Waals surface area contributed by atoms with Gasteiger partial charge in [0.1, 0.15) is 11.6 Å². The van der Waals surface area contributed by atoms with E-state index in [2.05, 4.69) is 0 Å². The van der Waals surface area contributed by atoms with Crippen molar-refractivity contribution in [3.05, 3.63) is 70.8 Å². The van der Waals surface area contributed by atoms with Crippen LogP contribution in [0.3, 0.4) is 0 Å². The van der Waals surface area contributed by atoms with Crippen LogP contribution in [-0.2, 0) is 4.79 Å². The van der Waals surface area contributed by atoms with Crippen molar-refractivity contribution in [1.82, 2.24) is 14.7 Å². The predicted molar refractivity (Wildman–Crippen MR) is 121 cm³/mol. The van der Waals surface area contributed by atoms with Crippen LogP contribution in [0, 0.1) is 11.6 Å². The molecule has 1 spiro atoms. The Morgan fingerprint density at radius 2 is 1.68 bits per heavy atom. The molecular weight excluding hydrogens is 440 g/mol. The summed E-state index contributed by atoms with van der Waals surface area (Å²) in [4.78, 5) is 45.6. The van der Waals surface area contributed by atoms with Gasteiger partial charge >= 0.3 is 0 Å². The number of fused-ring (bicyclic) bond motifs is 1. The molecule has 6 nitrogen and oxygen atoms in total. The predicted octanol–water partition coefficient (Wildman–Crippen LogP) is 3.43. The lowest BCUT2D eigenvalue weighted by molar-refractivity contribution is -0.141. The largest absolute Gasteiger partial charge is 0.342 e. The molecule has 3 aliphatic rings. The summed E-state index contributed by atoms with van der Waals surface area (Å²) in [7, 11) is 0. The molecule has 1 unspecified atom stereocenters. The molecule has 3 heterocycles. The van der Waals surface area contributed by atoms with Crippen molar-refractivity contribution in [2.45, 2.75) is 44.2 Å². The fourth-order valence-corrected chi connectivity index (χ4v) is 5.86. The number of rotatable bonds is 3. The van der Waals surface area contributed by atoms with Gasteiger partial charge in [-0.3, -0.25) is 14.4 Å². The minimum absolute atomic E-state index is 0.0387. The number of amides is 3.